The Bertz CT molecular complexity index is 243. The fourth-order valence-electron chi connectivity index (χ4n) is 0.773. The highest BCUT2D eigenvalue weighted by atomic mass is 79.9. The van der Waals surface area contributed by atoms with Crippen LogP contribution < -0.4 is 0 Å². The minimum absolute atomic E-state index is 0.164. The van der Waals surface area contributed by atoms with Crippen molar-refractivity contribution in [2.45, 2.75) is 11.0 Å². The van der Waals surface area contributed by atoms with Crippen LogP contribution >= 0.6 is 31.9 Å². The molecule has 0 saturated carbocycles. The van der Waals surface area contributed by atoms with E-state index in [0.29, 0.717) is 16.3 Å². The predicted molar refractivity (Wildman–Crippen MR) is 48.5 cm³/mol. The average Bonchev–Trinajstić information content (AvgIpc) is 1.86. The van der Waals surface area contributed by atoms with Crippen molar-refractivity contribution < 1.29 is 9.18 Å². The van der Waals surface area contributed by atoms with Gasteiger partial charge in [-0.05, 0) is 22.0 Å². The second kappa shape index (κ2) is 3.19. The summed E-state index contributed by atoms with van der Waals surface area (Å²) in [7, 11) is 0. The summed E-state index contributed by atoms with van der Waals surface area (Å²) in [5.41, 5.74) is 0.498. The Morgan fingerprint density at radius 1 is 1.73 bits per heavy atom. The molecule has 0 N–H and O–H groups in total. The van der Waals surface area contributed by atoms with Crippen LogP contribution in [0, 0.1) is 0 Å². The Morgan fingerprint density at radius 3 is 2.82 bits per heavy atom. The molecular formula is C7H5Br2FO. The van der Waals surface area contributed by atoms with Gasteiger partial charge in [0.05, 0.1) is 0 Å². The van der Waals surface area contributed by atoms with Gasteiger partial charge in [-0.3, -0.25) is 4.79 Å². The SMILES string of the molecule is O=CC1=C(Br)CC(F)(Br)C=C1. The Labute approximate surface area is 80.6 Å². The largest absolute Gasteiger partial charge is 0.298 e. The first kappa shape index (κ1) is 9.13. The first-order chi connectivity index (χ1) is 5.05. The van der Waals surface area contributed by atoms with Gasteiger partial charge in [0.2, 0.25) is 0 Å². The molecule has 0 bridgehead atoms. The lowest BCUT2D eigenvalue weighted by molar-refractivity contribution is -0.104. The van der Waals surface area contributed by atoms with Gasteiger partial charge in [-0.2, -0.15) is 0 Å². The summed E-state index contributed by atoms with van der Waals surface area (Å²) in [5, 5.41) is 0. The van der Waals surface area contributed by atoms with Crippen molar-refractivity contribution in [2.24, 2.45) is 0 Å². The van der Waals surface area contributed by atoms with Crippen molar-refractivity contribution in [3.05, 3.63) is 22.2 Å². The molecule has 1 atom stereocenters. The molecule has 1 aliphatic carbocycles. The molecular weight excluding hydrogens is 279 g/mol. The van der Waals surface area contributed by atoms with Crippen molar-refractivity contribution >= 4 is 38.1 Å². The Balaban J connectivity index is 2.91. The third kappa shape index (κ3) is 2.24. The quantitative estimate of drug-likeness (QED) is 0.534. The van der Waals surface area contributed by atoms with Crippen molar-refractivity contribution in [1.82, 2.24) is 0 Å². The van der Waals surface area contributed by atoms with Crippen molar-refractivity contribution in [1.29, 1.82) is 0 Å². The van der Waals surface area contributed by atoms with Crippen molar-refractivity contribution in [3.8, 4) is 0 Å². The van der Waals surface area contributed by atoms with Gasteiger partial charge in [-0.1, -0.05) is 22.0 Å². The number of hydrogen-bond donors (Lipinski definition) is 0. The molecule has 0 radical (unpaired) electrons. The van der Waals surface area contributed by atoms with E-state index in [0.717, 1.165) is 0 Å². The molecule has 60 valence electrons. The minimum atomic E-state index is -1.50. The maximum atomic E-state index is 13.1. The van der Waals surface area contributed by atoms with E-state index in [2.05, 4.69) is 31.9 Å². The predicted octanol–water partition coefficient (Wildman–Crippen LogP) is 2.85. The highest BCUT2D eigenvalue weighted by Crippen LogP contribution is 2.37. The summed E-state index contributed by atoms with van der Waals surface area (Å²) in [6.45, 7) is 0. The summed E-state index contributed by atoms with van der Waals surface area (Å²) in [6.07, 6.45) is 3.64. The second-order valence-corrected chi connectivity index (χ2v) is 4.52. The van der Waals surface area contributed by atoms with Gasteiger partial charge in [-0.25, -0.2) is 4.39 Å². The van der Waals surface area contributed by atoms with Crippen LogP contribution in [0.15, 0.2) is 22.2 Å². The maximum absolute atomic E-state index is 13.1. The third-order valence-electron chi connectivity index (χ3n) is 1.34. The number of halogens is 3. The van der Waals surface area contributed by atoms with E-state index in [1.807, 2.05) is 0 Å². The smallest absolute Gasteiger partial charge is 0.188 e. The minimum Gasteiger partial charge on any atom is -0.298 e. The normalized spacial score (nSPS) is 30.8. The van der Waals surface area contributed by atoms with Crippen LogP contribution in [0.2, 0.25) is 0 Å². The number of hydrogen-bond acceptors (Lipinski definition) is 1. The maximum Gasteiger partial charge on any atom is 0.188 e. The van der Waals surface area contributed by atoms with Crippen LogP contribution in [0.3, 0.4) is 0 Å². The Hall–Kier alpha value is 0.0400. The molecule has 0 spiro atoms. The zero-order valence-corrected chi connectivity index (χ0v) is 8.65. The van der Waals surface area contributed by atoms with E-state index in [1.165, 1.54) is 12.2 Å². The number of alkyl halides is 2. The number of aldehydes is 1. The summed E-state index contributed by atoms with van der Waals surface area (Å²) in [6, 6.07) is 0. The van der Waals surface area contributed by atoms with Crippen molar-refractivity contribution in [3.63, 3.8) is 0 Å². The molecule has 0 aliphatic heterocycles. The van der Waals surface area contributed by atoms with Gasteiger partial charge in [0.25, 0.3) is 0 Å². The second-order valence-electron chi connectivity index (χ2n) is 2.25. The molecule has 0 aromatic carbocycles. The summed E-state index contributed by atoms with van der Waals surface area (Å²) in [4.78, 5) is 10.3. The van der Waals surface area contributed by atoms with Gasteiger partial charge in [0, 0.05) is 16.5 Å². The average molecular weight is 284 g/mol. The topological polar surface area (TPSA) is 17.1 Å². The molecule has 0 saturated heterocycles. The monoisotopic (exact) mass is 282 g/mol. The molecule has 1 aliphatic rings. The fraction of sp³-hybridized carbons (Fsp3) is 0.286. The van der Waals surface area contributed by atoms with E-state index in [9.17, 15) is 9.18 Å². The first-order valence-electron chi connectivity index (χ1n) is 2.96. The van der Waals surface area contributed by atoms with Crippen LogP contribution in [-0.2, 0) is 4.79 Å². The van der Waals surface area contributed by atoms with Crippen LogP contribution in [0.1, 0.15) is 6.42 Å². The molecule has 11 heavy (non-hydrogen) atoms. The van der Waals surface area contributed by atoms with Crippen LogP contribution in [0.25, 0.3) is 0 Å². The number of allylic oxidation sites excluding steroid dienone is 4. The molecule has 1 nitrogen and oxygen atoms in total. The van der Waals surface area contributed by atoms with Crippen molar-refractivity contribution in [2.75, 3.05) is 0 Å². The lowest BCUT2D eigenvalue weighted by atomic mass is 10.1. The summed E-state index contributed by atoms with van der Waals surface area (Å²) in [5.74, 6) is 0. The van der Waals surface area contributed by atoms with Crippen LogP contribution in [0.5, 0.6) is 0 Å². The fourth-order valence-corrected chi connectivity index (χ4v) is 2.20. The molecule has 0 fully saturated rings. The summed E-state index contributed by atoms with van der Waals surface area (Å²) < 4.78 is 12.2. The lowest BCUT2D eigenvalue weighted by Crippen LogP contribution is -2.13. The zero-order chi connectivity index (χ0) is 8.48. The van der Waals surface area contributed by atoms with E-state index in [4.69, 9.17) is 0 Å². The number of carbonyl (C=O) groups excluding carboxylic acids is 1. The number of carbonyl (C=O) groups is 1. The molecule has 1 rings (SSSR count). The highest BCUT2D eigenvalue weighted by molar-refractivity contribution is 9.12. The van der Waals surface area contributed by atoms with Gasteiger partial charge >= 0.3 is 0 Å². The number of rotatable bonds is 1. The van der Waals surface area contributed by atoms with Gasteiger partial charge < -0.3 is 0 Å². The zero-order valence-electron chi connectivity index (χ0n) is 5.48. The van der Waals surface area contributed by atoms with Crippen LogP contribution in [-0.4, -0.2) is 10.9 Å². The van der Waals surface area contributed by atoms with Gasteiger partial charge in [0.1, 0.15) is 0 Å². The lowest BCUT2D eigenvalue weighted by Gasteiger charge is -2.17. The highest BCUT2D eigenvalue weighted by Gasteiger charge is 2.27. The third-order valence-corrected chi connectivity index (χ3v) is 2.62. The van der Waals surface area contributed by atoms with E-state index >= 15 is 0 Å². The molecule has 0 amide bonds. The van der Waals surface area contributed by atoms with E-state index < -0.39 is 4.58 Å². The molecule has 1 unspecified atom stereocenters. The van der Waals surface area contributed by atoms with E-state index in [1.54, 1.807) is 0 Å². The molecule has 0 aromatic rings. The van der Waals surface area contributed by atoms with Crippen LogP contribution in [0.4, 0.5) is 4.39 Å². The Kier molecular flexibility index (Phi) is 2.65. The molecule has 0 heterocycles. The first-order valence-corrected chi connectivity index (χ1v) is 4.55. The van der Waals surface area contributed by atoms with Gasteiger partial charge in [-0.15, -0.1) is 0 Å². The standard InChI is InChI=1S/C7H5Br2FO/c8-6-3-7(9,10)2-1-5(6)4-11/h1-2,4H,3H2. The van der Waals surface area contributed by atoms with Gasteiger partial charge in [0.15, 0.2) is 10.9 Å². The molecule has 0 aromatic heterocycles. The Morgan fingerprint density at radius 2 is 2.36 bits per heavy atom. The molecule has 4 heteroatoms. The van der Waals surface area contributed by atoms with E-state index in [-0.39, 0.29) is 6.42 Å². The summed E-state index contributed by atoms with van der Waals surface area (Å²) >= 11 is 5.97.